The second-order valence-corrected chi connectivity index (χ2v) is 9.04. The zero-order valence-corrected chi connectivity index (χ0v) is 21.1. The fourth-order valence-corrected chi connectivity index (χ4v) is 4.68. The minimum Gasteiger partial charge on any atom is -0.497 e. The summed E-state index contributed by atoms with van der Waals surface area (Å²) in [5.41, 5.74) is 3.48. The lowest BCUT2D eigenvalue weighted by Crippen LogP contribution is -2.09. The van der Waals surface area contributed by atoms with E-state index >= 15 is 0 Å². The molecule has 0 saturated carbocycles. The molecule has 0 saturated heterocycles. The summed E-state index contributed by atoms with van der Waals surface area (Å²) < 4.78 is 18.9. The van der Waals surface area contributed by atoms with E-state index in [9.17, 15) is 0 Å². The summed E-state index contributed by atoms with van der Waals surface area (Å²) in [6, 6.07) is 29.0. The fraction of sp³-hybridized carbons (Fsp3) is 0.258. The van der Waals surface area contributed by atoms with Crippen molar-refractivity contribution in [3.05, 3.63) is 96.3 Å². The van der Waals surface area contributed by atoms with E-state index in [1.807, 2.05) is 30.3 Å². The SMILES string of the molecule is COc1ccc(OCCCCn2c(C(C)c3ccc4cc(OC)ccc4c3)nc3ccccc32)cc1. The lowest BCUT2D eigenvalue weighted by molar-refractivity contribution is 0.302. The number of ether oxygens (including phenoxy) is 3. The van der Waals surface area contributed by atoms with Crippen LogP contribution in [-0.2, 0) is 6.54 Å². The van der Waals surface area contributed by atoms with Crippen molar-refractivity contribution in [1.29, 1.82) is 0 Å². The van der Waals surface area contributed by atoms with E-state index in [0.29, 0.717) is 6.61 Å². The zero-order chi connectivity index (χ0) is 24.9. The molecule has 184 valence electrons. The van der Waals surface area contributed by atoms with Crippen LogP contribution >= 0.6 is 0 Å². The third-order valence-electron chi connectivity index (χ3n) is 6.75. The van der Waals surface area contributed by atoms with Crippen LogP contribution in [0.15, 0.2) is 84.9 Å². The van der Waals surface area contributed by atoms with Gasteiger partial charge in [0.2, 0.25) is 0 Å². The van der Waals surface area contributed by atoms with Gasteiger partial charge in [0.05, 0.1) is 31.9 Å². The van der Waals surface area contributed by atoms with Gasteiger partial charge in [-0.05, 0) is 77.7 Å². The summed E-state index contributed by atoms with van der Waals surface area (Å²) >= 11 is 0. The number of para-hydroxylation sites is 2. The number of imidazole rings is 1. The molecule has 0 spiro atoms. The summed E-state index contributed by atoms with van der Waals surface area (Å²) in [4.78, 5) is 5.06. The van der Waals surface area contributed by atoms with Crippen LogP contribution in [0.3, 0.4) is 0 Å². The standard InChI is InChI=1S/C31H32N2O3/c1-22(23-10-11-25-21-28(35-3)13-12-24(25)20-23)31-32-29-8-4-5-9-30(29)33(31)18-6-7-19-36-27-16-14-26(34-2)15-17-27/h4-5,8-17,20-22H,6-7,18-19H2,1-3H3. The van der Waals surface area contributed by atoms with Crippen molar-refractivity contribution < 1.29 is 14.2 Å². The maximum absolute atomic E-state index is 5.93. The highest BCUT2D eigenvalue weighted by atomic mass is 16.5. The number of aromatic nitrogens is 2. The quantitative estimate of drug-likeness (QED) is 0.198. The van der Waals surface area contributed by atoms with Gasteiger partial charge in [-0.25, -0.2) is 4.98 Å². The number of hydrogen-bond donors (Lipinski definition) is 0. The first-order valence-corrected chi connectivity index (χ1v) is 12.5. The average Bonchev–Trinajstić information content (AvgIpc) is 3.30. The highest BCUT2D eigenvalue weighted by molar-refractivity contribution is 5.85. The average molecular weight is 481 g/mol. The van der Waals surface area contributed by atoms with Crippen molar-refractivity contribution in [2.75, 3.05) is 20.8 Å². The van der Waals surface area contributed by atoms with Gasteiger partial charge in [-0.2, -0.15) is 0 Å². The smallest absolute Gasteiger partial charge is 0.119 e. The van der Waals surface area contributed by atoms with E-state index < -0.39 is 0 Å². The molecule has 0 aliphatic rings. The molecular weight excluding hydrogens is 448 g/mol. The Labute approximate surface area is 212 Å². The molecule has 1 aromatic heterocycles. The molecule has 0 amide bonds. The Balaban J connectivity index is 1.31. The first-order valence-electron chi connectivity index (χ1n) is 12.5. The van der Waals surface area contributed by atoms with E-state index in [1.54, 1.807) is 14.2 Å². The molecule has 4 aromatic carbocycles. The molecule has 0 bridgehead atoms. The second-order valence-electron chi connectivity index (χ2n) is 9.04. The largest absolute Gasteiger partial charge is 0.497 e. The Morgan fingerprint density at radius 1 is 0.750 bits per heavy atom. The van der Waals surface area contributed by atoms with Crippen LogP contribution in [0.4, 0.5) is 0 Å². The Morgan fingerprint density at radius 2 is 1.44 bits per heavy atom. The van der Waals surface area contributed by atoms with Crippen molar-refractivity contribution in [3.8, 4) is 17.2 Å². The minimum absolute atomic E-state index is 0.166. The molecule has 5 nitrogen and oxygen atoms in total. The van der Waals surface area contributed by atoms with Crippen LogP contribution in [0.2, 0.25) is 0 Å². The Hall–Kier alpha value is -3.99. The van der Waals surface area contributed by atoms with Crippen molar-refractivity contribution in [2.45, 2.75) is 32.2 Å². The van der Waals surface area contributed by atoms with Crippen LogP contribution in [-0.4, -0.2) is 30.4 Å². The highest BCUT2D eigenvalue weighted by Crippen LogP contribution is 2.31. The fourth-order valence-electron chi connectivity index (χ4n) is 4.68. The number of aryl methyl sites for hydroxylation is 1. The number of benzene rings is 4. The Bertz CT molecular complexity index is 1460. The Kier molecular flexibility index (Phi) is 7.08. The van der Waals surface area contributed by atoms with Gasteiger partial charge >= 0.3 is 0 Å². The molecule has 0 fully saturated rings. The van der Waals surface area contributed by atoms with Crippen molar-refractivity contribution in [2.24, 2.45) is 0 Å². The van der Waals surface area contributed by atoms with E-state index in [1.165, 1.54) is 21.9 Å². The molecule has 1 unspecified atom stereocenters. The predicted molar refractivity (Wildman–Crippen MR) is 145 cm³/mol. The molecule has 5 rings (SSSR count). The summed E-state index contributed by atoms with van der Waals surface area (Å²) in [5, 5.41) is 2.38. The summed E-state index contributed by atoms with van der Waals surface area (Å²) in [6.07, 6.45) is 1.97. The lowest BCUT2D eigenvalue weighted by atomic mass is 9.97. The second kappa shape index (κ2) is 10.7. The molecule has 0 N–H and O–H groups in total. The maximum Gasteiger partial charge on any atom is 0.119 e. The molecule has 36 heavy (non-hydrogen) atoms. The molecule has 5 aromatic rings. The molecule has 1 atom stereocenters. The summed E-state index contributed by atoms with van der Waals surface area (Å²) in [7, 11) is 3.37. The van der Waals surface area contributed by atoms with Crippen LogP contribution in [0.25, 0.3) is 21.8 Å². The van der Waals surface area contributed by atoms with Gasteiger partial charge < -0.3 is 18.8 Å². The number of fused-ring (bicyclic) bond motifs is 2. The molecule has 1 heterocycles. The third-order valence-corrected chi connectivity index (χ3v) is 6.75. The van der Waals surface area contributed by atoms with Crippen molar-refractivity contribution in [1.82, 2.24) is 9.55 Å². The van der Waals surface area contributed by atoms with Crippen LogP contribution in [0.5, 0.6) is 17.2 Å². The molecule has 5 heteroatoms. The predicted octanol–water partition coefficient (Wildman–Crippen LogP) is 7.22. The topological polar surface area (TPSA) is 45.5 Å². The van der Waals surface area contributed by atoms with Gasteiger partial charge in [-0.15, -0.1) is 0 Å². The number of unbranched alkanes of at least 4 members (excludes halogenated alkanes) is 1. The molecule has 0 aliphatic carbocycles. The number of rotatable bonds is 10. The van der Waals surface area contributed by atoms with Crippen LogP contribution in [0, 0.1) is 0 Å². The number of hydrogen-bond acceptors (Lipinski definition) is 4. The molecule has 0 radical (unpaired) electrons. The lowest BCUT2D eigenvalue weighted by Gasteiger charge is -2.16. The monoisotopic (exact) mass is 480 g/mol. The van der Waals surface area contributed by atoms with Gasteiger partial charge in [0, 0.05) is 12.5 Å². The normalized spacial score (nSPS) is 12.1. The third kappa shape index (κ3) is 5.01. The van der Waals surface area contributed by atoms with E-state index in [4.69, 9.17) is 19.2 Å². The summed E-state index contributed by atoms with van der Waals surface area (Å²) in [5.74, 6) is 3.84. The van der Waals surface area contributed by atoms with Gasteiger partial charge in [0.25, 0.3) is 0 Å². The molecule has 0 aliphatic heterocycles. The maximum atomic E-state index is 5.93. The van der Waals surface area contributed by atoms with Crippen LogP contribution in [0.1, 0.15) is 37.1 Å². The van der Waals surface area contributed by atoms with Crippen molar-refractivity contribution in [3.63, 3.8) is 0 Å². The minimum atomic E-state index is 0.166. The van der Waals surface area contributed by atoms with Gasteiger partial charge in [-0.1, -0.05) is 43.3 Å². The zero-order valence-electron chi connectivity index (χ0n) is 21.1. The number of nitrogens with zero attached hydrogens (tertiary/aromatic N) is 2. The van der Waals surface area contributed by atoms with Crippen molar-refractivity contribution >= 4 is 21.8 Å². The van der Waals surface area contributed by atoms with Gasteiger partial charge in [-0.3, -0.25) is 0 Å². The first kappa shape index (κ1) is 23.7. The number of methoxy groups -OCH3 is 2. The van der Waals surface area contributed by atoms with E-state index in [-0.39, 0.29) is 5.92 Å². The first-order chi connectivity index (χ1) is 17.7. The van der Waals surface area contributed by atoms with E-state index in [0.717, 1.165) is 48.0 Å². The molecular formula is C31H32N2O3. The Morgan fingerprint density at radius 3 is 2.25 bits per heavy atom. The summed E-state index contributed by atoms with van der Waals surface area (Å²) in [6.45, 7) is 3.82. The van der Waals surface area contributed by atoms with Gasteiger partial charge in [0.1, 0.15) is 23.1 Å². The van der Waals surface area contributed by atoms with Crippen LogP contribution < -0.4 is 14.2 Å². The van der Waals surface area contributed by atoms with Gasteiger partial charge in [0.15, 0.2) is 0 Å². The van der Waals surface area contributed by atoms with E-state index in [2.05, 4.69) is 66.1 Å². The highest BCUT2D eigenvalue weighted by Gasteiger charge is 2.18.